The molecule has 1 aromatic heterocycles. The summed E-state index contributed by atoms with van der Waals surface area (Å²) in [6.45, 7) is 11.7. The molecule has 0 saturated carbocycles. The van der Waals surface area contributed by atoms with Crippen LogP contribution in [-0.2, 0) is 16.4 Å². The molecule has 3 heterocycles. The molecule has 5 rings (SSSR count). The largest absolute Gasteiger partial charge is 0.489 e. The Labute approximate surface area is 277 Å². The first kappa shape index (κ1) is 33.9. The first-order valence-electron chi connectivity index (χ1n) is 15.7. The molecule has 0 unspecified atom stereocenters. The molecule has 13 heteroatoms. The zero-order chi connectivity index (χ0) is 33.2. The zero-order valence-corrected chi connectivity index (χ0v) is 29.0. The number of halogens is 1. The minimum absolute atomic E-state index is 0.0169. The summed E-state index contributed by atoms with van der Waals surface area (Å²) in [5.74, 6) is 1.04. The molecule has 1 fully saturated rings. The van der Waals surface area contributed by atoms with Crippen molar-refractivity contribution in [3.63, 3.8) is 0 Å². The van der Waals surface area contributed by atoms with Crippen LogP contribution in [0.1, 0.15) is 56.5 Å². The Hall–Kier alpha value is -3.45. The maximum Gasteiger partial charge on any atom is 0.254 e. The predicted molar refractivity (Wildman–Crippen MR) is 182 cm³/mol. The second-order valence-corrected chi connectivity index (χ2v) is 15.6. The number of ether oxygens (including phenoxy) is 1. The number of hydrogen-bond acceptors (Lipinski definition) is 10. The number of rotatable bonds is 12. The Morgan fingerprint density at radius 1 is 1.07 bits per heavy atom. The van der Waals surface area contributed by atoms with Gasteiger partial charge >= 0.3 is 0 Å². The van der Waals surface area contributed by atoms with E-state index in [4.69, 9.17) is 16.3 Å². The van der Waals surface area contributed by atoms with E-state index in [0.717, 1.165) is 44.6 Å². The average molecular weight is 670 g/mol. The van der Waals surface area contributed by atoms with Crippen molar-refractivity contribution in [2.45, 2.75) is 69.4 Å². The third-order valence-corrected chi connectivity index (χ3v) is 10.8. The van der Waals surface area contributed by atoms with Gasteiger partial charge < -0.3 is 30.1 Å². The van der Waals surface area contributed by atoms with Crippen molar-refractivity contribution in [3.05, 3.63) is 58.7 Å². The van der Waals surface area contributed by atoms with Crippen LogP contribution < -0.4 is 15.4 Å². The second-order valence-electron chi connectivity index (χ2n) is 12.7. The zero-order valence-electron chi connectivity index (χ0n) is 27.4. The molecule has 0 radical (unpaired) electrons. The summed E-state index contributed by atoms with van der Waals surface area (Å²) in [5.41, 5.74) is 2.48. The lowest BCUT2D eigenvalue weighted by molar-refractivity contribution is 0.0592. The molecular weight excluding hydrogens is 626 g/mol. The van der Waals surface area contributed by atoms with Crippen molar-refractivity contribution in [1.29, 1.82) is 0 Å². The number of sulfone groups is 1. The van der Waals surface area contributed by atoms with E-state index in [2.05, 4.69) is 44.5 Å². The number of hydrogen-bond donors (Lipinski definition) is 2. The van der Waals surface area contributed by atoms with Gasteiger partial charge in [-0.3, -0.25) is 4.79 Å². The van der Waals surface area contributed by atoms with Crippen LogP contribution in [0.15, 0.2) is 47.5 Å². The first-order chi connectivity index (χ1) is 21.8. The normalized spacial score (nSPS) is 16.0. The van der Waals surface area contributed by atoms with E-state index in [9.17, 15) is 13.2 Å². The number of para-hydroxylation sites is 1. The van der Waals surface area contributed by atoms with Crippen molar-refractivity contribution in [2.75, 3.05) is 50.9 Å². The average Bonchev–Trinajstić information content (AvgIpc) is 3.32. The van der Waals surface area contributed by atoms with Gasteiger partial charge in [0.25, 0.3) is 5.91 Å². The smallest absolute Gasteiger partial charge is 0.254 e. The van der Waals surface area contributed by atoms with Gasteiger partial charge in [0, 0.05) is 44.3 Å². The summed E-state index contributed by atoms with van der Waals surface area (Å²) in [6.07, 6.45) is 3.22. The number of benzene rings is 2. The van der Waals surface area contributed by atoms with Crippen LogP contribution in [-0.4, -0.2) is 96.7 Å². The van der Waals surface area contributed by atoms with Crippen molar-refractivity contribution in [1.82, 2.24) is 24.7 Å². The molecule has 11 nitrogen and oxygen atoms in total. The highest BCUT2D eigenvalue weighted by molar-refractivity contribution is 7.92. The summed E-state index contributed by atoms with van der Waals surface area (Å²) < 4.78 is 32.2. The van der Waals surface area contributed by atoms with Gasteiger partial charge in [-0.15, -0.1) is 0 Å². The summed E-state index contributed by atoms with van der Waals surface area (Å²) in [4.78, 5) is 29.5. The molecule has 2 aliphatic rings. The third-order valence-electron chi connectivity index (χ3n) is 8.32. The fourth-order valence-electron chi connectivity index (χ4n) is 5.74. The van der Waals surface area contributed by atoms with Gasteiger partial charge in [-0.05, 0) is 84.5 Å². The highest BCUT2D eigenvalue weighted by Crippen LogP contribution is 2.38. The summed E-state index contributed by atoms with van der Waals surface area (Å²) in [7, 11) is 0.606. The van der Waals surface area contributed by atoms with Crippen LogP contribution in [0.4, 0.5) is 23.1 Å². The van der Waals surface area contributed by atoms with Gasteiger partial charge in [0.15, 0.2) is 15.7 Å². The molecule has 2 aromatic carbocycles. The van der Waals surface area contributed by atoms with Gasteiger partial charge in [-0.1, -0.05) is 23.7 Å². The lowest BCUT2D eigenvalue weighted by Gasteiger charge is -2.37. The molecule has 0 spiro atoms. The molecule has 3 aromatic rings. The number of nitrogens with one attached hydrogen (secondary N) is 2. The van der Waals surface area contributed by atoms with Crippen LogP contribution in [0.5, 0.6) is 5.75 Å². The fraction of sp³-hybridized carbons (Fsp3) is 0.485. The second kappa shape index (κ2) is 14.1. The van der Waals surface area contributed by atoms with Crippen molar-refractivity contribution in [3.8, 4) is 5.75 Å². The van der Waals surface area contributed by atoms with E-state index in [-0.39, 0.29) is 39.7 Å². The van der Waals surface area contributed by atoms with Crippen molar-refractivity contribution >= 4 is 50.5 Å². The van der Waals surface area contributed by atoms with Crippen LogP contribution in [0, 0.1) is 0 Å². The first-order valence-corrected chi connectivity index (χ1v) is 17.7. The van der Waals surface area contributed by atoms with Crippen LogP contribution in [0.25, 0.3) is 0 Å². The van der Waals surface area contributed by atoms with Gasteiger partial charge in [0.05, 0.1) is 33.8 Å². The maximum atomic E-state index is 13.7. The van der Waals surface area contributed by atoms with Crippen molar-refractivity contribution < 1.29 is 17.9 Å². The topological polar surface area (TPSA) is 120 Å². The highest BCUT2D eigenvalue weighted by Gasteiger charge is 2.35. The minimum Gasteiger partial charge on any atom is -0.489 e. The number of nitrogens with zero attached hydrogens (tertiary/aromatic N) is 5. The van der Waals surface area contributed by atoms with E-state index < -0.39 is 15.1 Å². The number of likely N-dealkylation sites (tertiary alicyclic amines) is 1. The minimum atomic E-state index is -3.57. The molecule has 2 aliphatic heterocycles. The number of carbonyl (C=O) groups is 1. The molecule has 1 amide bonds. The number of carbonyl (C=O) groups excluding carboxylic acids is 1. The van der Waals surface area contributed by atoms with Gasteiger partial charge in [0.2, 0.25) is 5.95 Å². The quantitative estimate of drug-likeness (QED) is 0.253. The lowest BCUT2D eigenvalue weighted by atomic mass is 10.0. The van der Waals surface area contributed by atoms with E-state index in [1.807, 2.05) is 30.9 Å². The molecule has 46 heavy (non-hydrogen) atoms. The number of amides is 1. The number of likely N-dealkylation sites (N-methyl/N-ethyl adjacent to an activating group) is 1. The predicted octanol–water partition coefficient (Wildman–Crippen LogP) is 5.57. The Balaban J connectivity index is 1.37. The van der Waals surface area contributed by atoms with Crippen LogP contribution in [0.2, 0.25) is 5.02 Å². The standard InChI is InChI=1S/C33H44ClN7O4S/c1-21(2)45-29-17-23-20-41(24-11-13-40(14-12-24)16-15-39(5)6)32(42)25(23)18-28(29)37-33-35-19-26(34)31(38-33)36-27-9-7-8-10-30(27)46(43,44)22(3)4/h7-10,17-19,21-22,24H,11-16,20H2,1-6H3,(H2,35,36,37,38). The van der Waals surface area contributed by atoms with E-state index in [1.54, 1.807) is 38.1 Å². The third kappa shape index (κ3) is 7.57. The highest BCUT2D eigenvalue weighted by atomic mass is 35.5. The Bertz CT molecular complexity index is 1670. The van der Waals surface area contributed by atoms with Gasteiger partial charge in [0.1, 0.15) is 10.8 Å². The van der Waals surface area contributed by atoms with Crippen LogP contribution >= 0.6 is 11.6 Å². The summed E-state index contributed by atoms with van der Waals surface area (Å²) in [5, 5.41) is 5.92. The van der Waals surface area contributed by atoms with Crippen molar-refractivity contribution in [2.24, 2.45) is 0 Å². The molecule has 0 aliphatic carbocycles. The Kier molecular flexibility index (Phi) is 10.4. The number of piperidine rings is 1. The summed E-state index contributed by atoms with van der Waals surface area (Å²) in [6, 6.07) is 10.6. The van der Waals surface area contributed by atoms with Gasteiger partial charge in [-0.2, -0.15) is 4.98 Å². The molecule has 0 bridgehead atoms. The molecule has 1 saturated heterocycles. The maximum absolute atomic E-state index is 13.7. The Morgan fingerprint density at radius 3 is 2.46 bits per heavy atom. The Morgan fingerprint density at radius 2 is 1.78 bits per heavy atom. The lowest BCUT2D eigenvalue weighted by Crippen LogP contribution is -2.46. The molecule has 0 atom stereocenters. The fourth-order valence-corrected chi connectivity index (χ4v) is 7.08. The van der Waals surface area contributed by atoms with E-state index in [0.29, 0.717) is 29.2 Å². The molecular formula is C33H44ClN7O4S. The SMILES string of the molecule is CC(C)Oc1cc2c(cc1Nc1ncc(Cl)c(Nc3ccccc3S(=O)(=O)C(C)C)n1)C(=O)N(C1CCN(CCN(C)C)CC1)C2. The summed E-state index contributed by atoms with van der Waals surface area (Å²) >= 11 is 6.46. The number of fused-ring (bicyclic) bond motifs is 1. The number of anilines is 4. The molecule has 248 valence electrons. The molecule has 2 N–H and O–H groups in total. The monoisotopic (exact) mass is 669 g/mol. The number of aromatic nitrogens is 2. The van der Waals surface area contributed by atoms with E-state index >= 15 is 0 Å². The van der Waals surface area contributed by atoms with Gasteiger partial charge in [-0.25, -0.2) is 13.4 Å². The van der Waals surface area contributed by atoms with E-state index in [1.165, 1.54) is 6.20 Å². The van der Waals surface area contributed by atoms with Crippen LogP contribution in [0.3, 0.4) is 0 Å².